The van der Waals surface area contributed by atoms with Crippen molar-refractivity contribution in [1.29, 1.82) is 0 Å². The van der Waals surface area contributed by atoms with Gasteiger partial charge < -0.3 is 10.4 Å². The molecule has 4 nitrogen and oxygen atoms in total. The Labute approximate surface area is 113 Å². The highest BCUT2D eigenvalue weighted by atomic mass is 19.2. The molecular formula is C13H14F3NO3. The second-order valence-electron chi connectivity index (χ2n) is 4.75. The van der Waals surface area contributed by atoms with E-state index in [0.29, 0.717) is 12.1 Å². The van der Waals surface area contributed by atoms with E-state index in [2.05, 4.69) is 5.32 Å². The minimum Gasteiger partial charge on any atom is -0.480 e. The number of halogens is 3. The van der Waals surface area contributed by atoms with Gasteiger partial charge in [-0.1, -0.05) is 13.8 Å². The molecule has 110 valence electrons. The summed E-state index contributed by atoms with van der Waals surface area (Å²) in [6, 6.07) is -0.150. The number of nitrogens with one attached hydrogen (secondary N) is 1. The fraction of sp³-hybridized carbons (Fsp3) is 0.385. The van der Waals surface area contributed by atoms with Crippen molar-refractivity contribution < 1.29 is 27.9 Å². The molecule has 0 aliphatic heterocycles. The van der Waals surface area contributed by atoms with Crippen LogP contribution in [0.3, 0.4) is 0 Å². The van der Waals surface area contributed by atoms with Crippen LogP contribution in [0, 0.1) is 23.4 Å². The van der Waals surface area contributed by atoms with E-state index in [0.717, 1.165) is 0 Å². The molecule has 2 N–H and O–H groups in total. The number of amides is 1. The predicted octanol–water partition coefficient (Wildman–Crippen LogP) is 2.33. The summed E-state index contributed by atoms with van der Waals surface area (Å²) in [5, 5.41) is 11.1. The number of carbonyl (C=O) groups is 2. The van der Waals surface area contributed by atoms with Crippen LogP contribution in [-0.4, -0.2) is 23.0 Å². The second kappa shape index (κ2) is 6.40. The maximum absolute atomic E-state index is 13.0. The fourth-order valence-electron chi connectivity index (χ4n) is 1.62. The van der Waals surface area contributed by atoms with Crippen molar-refractivity contribution in [2.24, 2.45) is 5.92 Å². The first-order valence-corrected chi connectivity index (χ1v) is 5.90. The van der Waals surface area contributed by atoms with Crippen LogP contribution in [0.1, 0.15) is 30.6 Å². The van der Waals surface area contributed by atoms with E-state index in [9.17, 15) is 22.8 Å². The lowest BCUT2D eigenvalue weighted by Gasteiger charge is -2.16. The van der Waals surface area contributed by atoms with Gasteiger partial charge in [-0.2, -0.15) is 0 Å². The summed E-state index contributed by atoms with van der Waals surface area (Å²) in [6.45, 7) is 3.53. The van der Waals surface area contributed by atoms with Crippen molar-refractivity contribution in [3.63, 3.8) is 0 Å². The molecule has 0 heterocycles. The Kier molecular flexibility index (Phi) is 5.12. The Morgan fingerprint density at radius 2 is 1.70 bits per heavy atom. The zero-order valence-electron chi connectivity index (χ0n) is 10.9. The molecular weight excluding hydrogens is 275 g/mol. The van der Waals surface area contributed by atoms with E-state index in [4.69, 9.17) is 5.11 Å². The van der Waals surface area contributed by atoms with E-state index in [1.54, 1.807) is 13.8 Å². The fourth-order valence-corrected chi connectivity index (χ4v) is 1.62. The number of carboxylic acids is 1. The first kappa shape index (κ1) is 16.0. The van der Waals surface area contributed by atoms with Crippen LogP contribution in [0.25, 0.3) is 0 Å². The molecule has 7 heteroatoms. The Hall–Kier alpha value is -2.05. The molecule has 0 bridgehead atoms. The van der Waals surface area contributed by atoms with Gasteiger partial charge in [0.1, 0.15) is 6.04 Å². The topological polar surface area (TPSA) is 66.4 Å². The van der Waals surface area contributed by atoms with Crippen LogP contribution in [0.2, 0.25) is 0 Å². The van der Waals surface area contributed by atoms with Crippen molar-refractivity contribution in [3.8, 4) is 0 Å². The highest BCUT2D eigenvalue weighted by molar-refractivity contribution is 5.96. The molecule has 1 aromatic carbocycles. The molecule has 0 fully saturated rings. The first-order valence-electron chi connectivity index (χ1n) is 5.90. The average molecular weight is 289 g/mol. The zero-order chi connectivity index (χ0) is 15.4. The lowest BCUT2D eigenvalue weighted by Crippen LogP contribution is -2.41. The highest BCUT2D eigenvalue weighted by Crippen LogP contribution is 2.14. The Morgan fingerprint density at radius 1 is 1.20 bits per heavy atom. The third-order valence-corrected chi connectivity index (χ3v) is 2.56. The summed E-state index contributed by atoms with van der Waals surface area (Å²) < 4.78 is 38.8. The standard InChI is InChI=1S/C13H14F3NO3/c1-6(2)3-10(13(19)20)17-12(18)7-4-8(14)11(16)9(15)5-7/h4-6,10H,3H2,1-2H3,(H,17,18)(H,19,20)/t10-/m0/s1. The number of carbonyl (C=O) groups excluding carboxylic acids is 1. The molecule has 1 rings (SSSR count). The van der Waals surface area contributed by atoms with Crippen LogP contribution in [0.4, 0.5) is 13.2 Å². The maximum Gasteiger partial charge on any atom is 0.326 e. The number of hydrogen-bond acceptors (Lipinski definition) is 2. The maximum atomic E-state index is 13.0. The molecule has 0 radical (unpaired) electrons. The van der Waals surface area contributed by atoms with E-state index in [-0.39, 0.29) is 12.3 Å². The monoisotopic (exact) mass is 289 g/mol. The molecule has 1 amide bonds. The van der Waals surface area contributed by atoms with Gasteiger partial charge in [-0.05, 0) is 24.5 Å². The van der Waals surface area contributed by atoms with Crippen molar-refractivity contribution >= 4 is 11.9 Å². The largest absolute Gasteiger partial charge is 0.480 e. The van der Waals surface area contributed by atoms with E-state index in [1.165, 1.54) is 0 Å². The molecule has 0 spiro atoms. The van der Waals surface area contributed by atoms with Gasteiger partial charge in [0.05, 0.1) is 0 Å². The number of carboxylic acid groups (broad SMARTS) is 1. The summed E-state index contributed by atoms with van der Waals surface area (Å²) in [4.78, 5) is 22.7. The third-order valence-electron chi connectivity index (χ3n) is 2.56. The molecule has 0 aliphatic rings. The average Bonchev–Trinajstić information content (AvgIpc) is 2.33. The first-order chi connectivity index (χ1) is 9.22. The molecule has 1 aromatic rings. The number of aliphatic carboxylic acids is 1. The van der Waals surface area contributed by atoms with Crippen LogP contribution in [0.5, 0.6) is 0 Å². The minimum atomic E-state index is -1.68. The summed E-state index contributed by atoms with van der Waals surface area (Å²) in [6.07, 6.45) is 0.160. The molecule has 1 atom stereocenters. The van der Waals surface area contributed by atoms with Gasteiger partial charge in [-0.15, -0.1) is 0 Å². The van der Waals surface area contributed by atoms with Gasteiger partial charge in [0.15, 0.2) is 17.5 Å². The van der Waals surface area contributed by atoms with Gasteiger partial charge in [0, 0.05) is 5.56 Å². The lowest BCUT2D eigenvalue weighted by atomic mass is 10.0. The van der Waals surface area contributed by atoms with E-state index >= 15 is 0 Å². The number of benzene rings is 1. The normalized spacial score (nSPS) is 12.3. The Bertz CT molecular complexity index is 509. The molecule has 0 aliphatic carbocycles. The van der Waals surface area contributed by atoms with Crippen LogP contribution in [-0.2, 0) is 4.79 Å². The van der Waals surface area contributed by atoms with Crippen molar-refractivity contribution in [2.75, 3.05) is 0 Å². The quantitative estimate of drug-likeness (QED) is 0.818. The van der Waals surface area contributed by atoms with Gasteiger partial charge in [0.25, 0.3) is 5.91 Å². The van der Waals surface area contributed by atoms with Gasteiger partial charge in [-0.25, -0.2) is 18.0 Å². The minimum absolute atomic E-state index is 0.00177. The molecule has 20 heavy (non-hydrogen) atoms. The van der Waals surface area contributed by atoms with Crippen LogP contribution in [0.15, 0.2) is 12.1 Å². The summed E-state index contributed by atoms with van der Waals surface area (Å²) in [5.74, 6) is -6.93. The molecule has 0 saturated carbocycles. The molecule has 0 aromatic heterocycles. The van der Waals surface area contributed by atoms with E-state index < -0.39 is 40.9 Å². The predicted molar refractivity (Wildman–Crippen MR) is 64.7 cm³/mol. The van der Waals surface area contributed by atoms with Gasteiger partial charge in [-0.3, -0.25) is 4.79 Å². The SMILES string of the molecule is CC(C)C[C@H](NC(=O)c1cc(F)c(F)c(F)c1)C(=O)O. The van der Waals surface area contributed by atoms with Crippen molar-refractivity contribution in [3.05, 3.63) is 35.1 Å². The van der Waals surface area contributed by atoms with Crippen molar-refractivity contribution in [1.82, 2.24) is 5.32 Å². The van der Waals surface area contributed by atoms with Gasteiger partial charge >= 0.3 is 5.97 Å². The van der Waals surface area contributed by atoms with Gasteiger partial charge in [0.2, 0.25) is 0 Å². The second-order valence-corrected chi connectivity index (χ2v) is 4.75. The van der Waals surface area contributed by atoms with E-state index in [1.807, 2.05) is 0 Å². The Balaban J connectivity index is 2.92. The molecule has 0 saturated heterocycles. The van der Waals surface area contributed by atoms with Crippen LogP contribution < -0.4 is 5.32 Å². The van der Waals surface area contributed by atoms with Crippen LogP contribution >= 0.6 is 0 Å². The third kappa shape index (κ3) is 3.97. The zero-order valence-corrected chi connectivity index (χ0v) is 10.9. The smallest absolute Gasteiger partial charge is 0.326 e. The summed E-state index contributed by atoms with van der Waals surface area (Å²) >= 11 is 0. The van der Waals surface area contributed by atoms with Crippen molar-refractivity contribution in [2.45, 2.75) is 26.3 Å². The summed E-state index contributed by atoms with van der Waals surface area (Å²) in [7, 11) is 0. The highest BCUT2D eigenvalue weighted by Gasteiger charge is 2.23. The molecule has 0 unspecified atom stereocenters. The Morgan fingerprint density at radius 3 is 2.10 bits per heavy atom. The number of hydrogen-bond donors (Lipinski definition) is 2. The summed E-state index contributed by atoms with van der Waals surface area (Å²) in [5.41, 5.74) is -0.476. The number of rotatable bonds is 5. The lowest BCUT2D eigenvalue weighted by molar-refractivity contribution is -0.139.